The first-order chi connectivity index (χ1) is 9.51. The van der Waals surface area contributed by atoms with Crippen LogP contribution >= 0.6 is 24.0 Å². The lowest BCUT2D eigenvalue weighted by atomic mass is 10.2. The van der Waals surface area contributed by atoms with E-state index in [0.29, 0.717) is 13.0 Å². The van der Waals surface area contributed by atoms with Crippen LogP contribution in [0.3, 0.4) is 0 Å². The Morgan fingerprint density at radius 1 is 1.52 bits per heavy atom. The fourth-order valence-corrected chi connectivity index (χ4v) is 2.19. The van der Waals surface area contributed by atoms with E-state index in [0.717, 1.165) is 0 Å². The van der Waals surface area contributed by atoms with Crippen LogP contribution in [0.2, 0.25) is 5.02 Å². The highest BCUT2D eigenvalue weighted by molar-refractivity contribution is 6.30. The number of halogens is 2. The molecule has 0 radical (unpaired) electrons. The van der Waals surface area contributed by atoms with Gasteiger partial charge in [-0.3, -0.25) is 14.9 Å². The van der Waals surface area contributed by atoms with Gasteiger partial charge in [0.2, 0.25) is 0 Å². The molecule has 2 rings (SSSR count). The summed E-state index contributed by atoms with van der Waals surface area (Å²) in [7, 11) is 1.31. The molecule has 1 aliphatic heterocycles. The molecule has 7 nitrogen and oxygen atoms in total. The maximum Gasteiger partial charge on any atom is 0.323 e. The van der Waals surface area contributed by atoms with Gasteiger partial charge in [0.1, 0.15) is 12.1 Å². The molecule has 0 aromatic heterocycles. The van der Waals surface area contributed by atoms with Crippen molar-refractivity contribution < 1.29 is 19.2 Å². The van der Waals surface area contributed by atoms with Gasteiger partial charge in [0.25, 0.3) is 0 Å². The Hall–Kier alpha value is -1.57. The van der Waals surface area contributed by atoms with Crippen LogP contribution in [0.4, 0.5) is 5.69 Å². The van der Waals surface area contributed by atoms with Gasteiger partial charge in [-0.05, 0) is 12.1 Å². The van der Waals surface area contributed by atoms with Crippen molar-refractivity contribution in [1.82, 2.24) is 5.32 Å². The van der Waals surface area contributed by atoms with Gasteiger partial charge in [-0.15, -0.1) is 12.4 Å². The second-order valence-corrected chi connectivity index (χ2v) is 4.77. The smallest absolute Gasteiger partial charge is 0.323 e. The predicted octanol–water partition coefficient (Wildman–Crippen LogP) is 1.95. The van der Waals surface area contributed by atoms with Gasteiger partial charge in [-0.25, -0.2) is 0 Å². The fourth-order valence-electron chi connectivity index (χ4n) is 2.03. The second-order valence-electron chi connectivity index (χ2n) is 4.33. The summed E-state index contributed by atoms with van der Waals surface area (Å²) in [5, 5.41) is 14.2. The number of hydrogen-bond donors (Lipinski definition) is 1. The van der Waals surface area contributed by atoms with Gasteiger partial charge in [0.15, 0.2) is 5.75 Å². The van der Waals surface area contributed by atoms with Gasteiger partial charge < -0.3 is 14.8 Å². The zero-order valence-electron chi connectivity index (χ0n) is 11.1. The fraction of sp³-hybridized carbons (Fsp3) is 0.417. The van der Waals surface area contributed by atoms with Crippen molar-refractivity contribution in [1.29, 1.82) is 0 Å². The topological polar surface area (TPSA) is 90.7 Å². The molecule has 1 heterocycles. The van der Waals surface area contributed by atoms with Crippen LogP contribution in [0.1, 0.15) is 6.42 Å². The molecule has 1 aromatic carbocycles. The summed E-state index contributed by atoms with van der Waals surface area (Å²) >= 11 is 5.73. The van der Waals surface area contributed by atoms with Crippen molar-refractivity contribution in [3.63, 3.8) is 0 Å². The second kappa shape index (κ2) is 7.44. The average Bonchev–Trinajstić information content (AvgIpc) is 2.88. The Labute approximate surface area is 132 Å². The highest BCUT2D eigenvalue weighted by atomic mass is 35.5. The van der Waals surface area contributed by atoms with Crippen molar-refractivity contribution in [2.75, 3.05) is 13.7 Å². The van der Waals surface area contributed by atoms with Crippen LogP contribution in [0, 0.1) is 10.1 Å². The van der Waals surface area contributed by atoms with Crippen molar-refractivity contribution in [3.05, 3.63) is 33.3 Å². The Morgan fingerprint density at radius 2 is 2.24 bits per heavy atom. The van der Waals surface area contributed by atoms with Crippen LogP contribution in [0.15, 0.2) is 18.2 Å². The maximum absolute atomic E-state index is 11.4. The first-order valence-electron chi connectivity index (χ1n) is 5.93. The summed E-state index contributed by atoms with van der Waals surface area (Å²) in [5.74, 6) is -0.238. The molecule has 1 aromatic rings. The van der Waals surface area contributed by atoms with Gasteiger partial charge in [0, 0.05) is 24.1 Å². The molecule has 1 saturated heterocycles. The van der Waals surface area contributed by atoms with Crippen LogP contribution < -0.4 is 10.1 Å². The Balaban J connectivity index is 0.00000220. The number of hydrogen-bond acceptors (Lipinski definition) is 6. The molecule has 1 aliphatic rings. The number of carbonyl (C=O) groups is 1. The molecule has 116 valence electrons. The SMILES string of the molecule is COC(=O)[C@@H]1C[C@@H](Oc2ccc(Cl)cc2[N+](=O)[O-])CN1.Cl. The van der Waals surface area contributed by atoms with E-state index in [1.807, 2.05) is 0 Å². The number of ether oxygens (including phenoxy) is 2. The first-order valence-corrected chi connectivity index (χ1v) is 6.31. The number of nitro groups is 1. The summed E-state index contributed by atoms with van der Waals surface area (Å²) in [6.07, 6.45) is 0.0610. The van der Waals surface area contributed by atoms with E-state index in [9.17, 15) is 14.9 Å². The summed E-state index contributed by atoms with van der Waals surface area (Å²) in [6, 6.07) is 3.75. The van der Waals surface area contributed by atoms with E-state index in [1.54, 1.807) is 0 Å². The molecule has 1 fully saturated rings. The molecule has 0 bridgehead atoms. The molecule has 1 N–H and O–H groups in total. The summed E-state index contributed by atoms with van der Waals surface area (Å²) < 4.78 is 10.2. The Bertz CT molecular complexity index is 540. The summed E-state index contributed by atoms with van der Waals surface area (Å²) in [5.41, 5.74) is -0.195. The van der Waals surface area contributed by atoms with Crippen LogP contribution in [0.5, 0.6) is 5.75 Å². The van der Waals surface area contributed by atoms with Crippen molar-refractivity contribution in [3.8, 4) is 5.75 Å². The van der Waals surface area contributed by atoms with Crippen molar-refractivity contribution >= 4 is 35.7 Å². The number of benzene rings is 1. The third-order valence-electron chi connectivity index (χ3n) is 2.99. The third kappa shape index (κ3) is 4.20. The number of carbonyl (C=O) groups excluding carboxylic acids is 1. The zero-order chi connectivity index (χ0) is 14.7. The lowest BCUT2D eigenvalue weighted by Gasteiger charge is -2.12. The minimum absolute atomic E-state index is 0. The molecule has 0 aliphatic carbocycles. The molecule has 9 heteroatoms. The number of nitro benzene ring substituents is 1. The molecular formula is C12H14Cl2N2O5. The highest BCUT2D eigenvalue weighted by Crippen LogP contribution is 2.31. The predicted molar refractivity (Wildman–Crippen MR) is 78.2 cm³/mol. The van der Waals surface area contributed by atoms with Gasteiger partial charge in [-0.2, -0.15) is 0 Å². The first kappa shape index (κ1) is 17.5. The van der Waals surface area contributed by atoms with Crippen LogP contribution in [-0.4, -0.2) is 36.7 Å². The van der Waals surface area contributed by atoms with E-state index < -0.39 is 11.0 Å². The minimum atomic E-state index is -0.554. The van der Waals surface area contributed by atoms with Gasteiger partial charge >= 0.3 is 11.7 Å². The highest BCUT2D eigenvalue weighted by Gasteiger charge is 2.32. The summed E-state index contributed by atoms with van der Waals surface area (Å²) in [4.78, 5) is 21.8. The lowest BCUT2D eigenvalue weighted by molar-refractivity contribution is -0.386. The number of esters is 1. The zero-order valence-corrected chi connectivity index (χ0v) is 12.6. The summed E-state index contributed by atoms with van der Waals surface area (Å²) in [6.45, 7) is 0.416. The van der Waals surface area contributed by atoms with Gasteiger partial charge in [0.05, 0.1) is 12.0 Å². The maximum atomic E-state index is 11.4. The molecule has 0 amide bonds. The molecule has 0 saturated carbocycles. The van der Waals surface area contributed by atoms with Crippen molar-refractivity contribution in [2.24, 2.45) is 0 Å². The average molecular weight is 337 g/mol. The van der Waals surface area contributed by atoms with Crippen LogP contribution in [0.25, 0.3) is 0 Å². The number of rotatable bonds is 4. The van der Waals surface area contributed by atoms with E-state index in [4.69, 9.17) is 16.3 Å². The van der Waals surface area contributed by atoms with Gasteiger partial charge in [-0.1, -0.05) is 11.6 Å². The Morgan fingerprint density at radius 3 is 2.86 bits per heavy atom. The molecule has 0 spiro atoms. The monoisotopic (exact) mass is 336 g/mol. The normalized spacial score (nSPS) is 20.5. The number of methoxy groups -OCH3 is 1. The molecule has 21 heavy (non-hydrogen) atoms. The quantitative estimate of drug-likeness (QED) is 0.513. The third-order valence-corrected chi connectivity index (χ3v) is 3.22. The van der Waals surface area contributed by atoms with E-state index >= 15 is 0 Å². The van der Waals surface area contributed by atoms with Crippen molar-refractivity contribution in [2.45, 2.75) is 18.6 Å². The van der Waals surface area contributed by atoms with E-state index in [2.05, 4.69) is 10.1 Å². The number of nitrogens with one attached hydrogen (secondary N) is 1. The lowest BCUT2D eigenvalue weighted by Crippen LogP contribution is -2.31. The van der Waals surface area contributed by atoms with Crippen LogP contribution in [-0.2, 0) is 9.53 Å². The molecular weight excluding hydrogens is 323 g/mol. The Kier molecular flexibility index (Phi) is 6.19. The minimum Gasteiger partial charge on any atom is -0.482 e. The standard InChI is InChI=1S/C12H13ClN2O5.ClH/c1-19-12(16)9-5-8(6-14-9)20-11-3-2-7(13)4-10(11)15(17)18;/h2-4,8-9,14H,5-6H2,1H3;1H/t8-,9+;/m1./s1. The molecule has 2 atom stereocenters. The largest absolute Gasteiger partial charge is 0.482 e. The molecule has 0 unspecified atom stereocenters. The number of nitrogens with zero attached hydrogens (tertiary/aromatic N) is 1. The van der Waals surface area contributed by atoms with E-state index in [-0.39, 0.29) is 40.9 Å². The van der Waals surface area contributed by atoms with E-state index in [1.165, 1.54) is 25.3 Å².